The van der Waals surface area contributed by atoms with E-state index < -0.39 is 70.3 Å². The summed E-state index contributed by atoms with van der Waals surface area (Å²) in [5, 5.41) is 16.9. The number of β-lactam (4-membered cyclic amide) rings is 1. The molecule has 2 aromatic rings. The van der Waals surface area contributed by atoms with Crippen LogP contribution in [0.5, 0.6) is 0 Å². The molecule has 6 rings (SSSR count). The molecule has 47 heavy (non-hydrogen) atoms. The minimum Gasteiger partial charge on any atom is -0.478 e. The first-order valence-electron chi connectivity index (χ1n) is 15.0. The lowest BCUT2D eigenvalue weighted by atomic mass is 9.71. The van der Waals surface area contributed by atoms with E-state index in [1.807, 2.05) is 0 Å². The number of rotatable bonds is 9. The van der Waals surface area contributed by atoms with Gasteiger partial charge in [-0.3, -0.25) is 28.9 Å². The molecule has 6 N–H and O–H groups in total. The van der Waals surface area contributed by atoms with Crippen LogP contribution >= 0.6 is 23.5 Å². The van der Waals surface area contributed by atoms with Crippen LogP contribution in [0.1, 0.15) is 37.1 Å². The van der Waals surface area contributed by atoms with Gasteiger partial charge >= 0.3 is 5.97 Å². The number of hydrogen-bond donors (Lipinski definition) is 5. The number of carboxylic acid groups (broad SMARTS) is 1. The minimum absolute atomic E-state index is 0.0834. The second kappa shape index (κ2) is 13.0. The Morgan fingerprint density at radius 2 is 1.45 bits per heavy atom. The van der Waals surface area contributed by atoms with E-state index in [-0.39, 0.29) is 17.1 Å². The molecule has 3 aliphatic heterocycles. The number of aliphatic carboxylic acids is 1. The number of nitrogens with two attached hydrogens (primary N) is 1. The molecule has 0 radical (unpaired) electrons. The third-order valence-corrected chi connectivity index (χ3v) is 11.8. The van der Waals surface area contributed by atoms with Crippen molar-refractivity contribution in [2.45, 2.75) is 48.6 Å². The summed E-state index contributed by atoms with van der Waals surface area (Å²) < 4.78 is 0. The number of Topliss-reactive ketones (excluding diaryl/α,β-unsaturated/α-hetero) is 1. The Morgan fingerprint density at radius 1 is 0.851 bits per heavy atom. The van der Waals surface area contributed by atoms with Crippen molar-refractivity contribution in [1.82, 2.24) is 20.9 Å². The molecule has 244 valence electrons. The van der Waals surface area contributed by atoms with Crippen molar-refractivity contribution in [2.24, 2.45) is 11.7 Å². The van der Waals surface area contributed by atoms with Crippen LogP contribution in [-0.2, 0) is 28.8 Å². The van der Waals surface area contributed by atoms with Gasteiger partial charge in [0.2, 0.25) is 11.8 Å². The third kappa shape index (κ3) is 5.85. The van der Waals surface area contributed by atoms with E-state index in [1.54, 1.807) is 74.5 Å². The average Bonchev–Trinajstić information content (AvgIpc) is 3.08. The Morgan fingerprint density at radius 3 is 2.09 bits per heavy atom. The molecule has 1 saturated heterocycles. The van der Waals surface area contributed by atoms with E-state index in [0.29, 0.717) is 33.8 Å². The van der Waals surface area contributed by atoms with Gasteiger partial charge in [-0.1, -0.05) is 66.2 Å². The summed E-state index contributed by atoms with van der Waals surface area (Å²) in [6.07, 6.45) is 0. The molecule has 2 aromatic carbocycles. The highest BCUT2D eigenvalue weighted by molar-refractivity contribution is 8.00. The predicted molar refractivity (Wildman–Crippen MR) is 175 cm³/mol. The molecular formula is C33H33N5O7S2. The summed E-state index contributed by atoms with van der Waals surface area (Å²) in [5.41, 5.74) is 8.61. The number of nitrogens with zero attached hydrogens (tertiary/aromatic N) is 1. The molecule has 7 atom stereocenters. The Balaban J connectivity index is 1.17. The lowest BCUT2D eigenvalue weighted by molar-refractivity contribution is -0.148. The maximum absolute atomic E-state index is 13.9. The number of carbonyl (C=O) groups is 6. The molecule has 3 heterocycles. The van der Waals surface area contributed by atoms with E-state index in [2.05, 4.69) is 16.0 Å². The van der Waals surface area contributed by atoms with Gasteiger partial charge in [-0.2, -0.15) is 11.8 Å². The highest BCUT2D eigenvalue weighted by Gasteiger charge is 2.57. The van der Waals surface area contributed by atoms with Crippen LogP contribution in [0.4, 0.5) is 0 Å². The average molecular weight is 676 g/mol. The van der Waals surface area contributed by atoms with E-state index in [9.17, 15) is 33.9 Å². The molecule has 4 amide bonds. The summed E-state index contributed by atoms with van der Waals surface area (Å²) in [7, 11) is 0. The van der Waals surface area contributed by atoms with Crippen molar-refractivity contribution in [3.8, 4) is 0 Å². The minimum atomic E-state index is -1.22. The smallest absolute Gasteiger partial charge is 0.332 e. The standard InChI is InChI=1S/C33H33N5O7S2/c1-15-13-46-27-20(19(15)33(44)45)26(39)23(27)36-29(41)22(18-11-7-4-8-12-18)35-30(42)25-16(2)14-47-32-24(31(43)38(25)32)37-28(40)21(34)17-9-5-3-6-10-17/h3-12,20-24,27,32H,13-14,34H2,1-2H3,(H,35,42)(H,36,41)(H,37,40)(H,44,45)/t20?,21-,22-,23-,24-,27+,32-/m1/s1. The maximum Gasteiger partial charge on any atom is 0.332 e. The number of ketones is 1. The van der Waals surface area contributed by atoms with E-state index in [0.717, 1.165) is 0 Å². The SMILES string of the molecule is CC1=C(C(=O)O)C2C(=O)[C@@H](NC(=O)[C@H](NC(=O)C3=C(C)CS[C@@H]4[C@H](NC(=O)[C@H](N)c5ccccc5)C(=O)N34)c3ccccc3)[C@H]2SC1. The molecule has 2 fully saturated rings. The molecular weight excluding hydrogens is 643 g/mol. The van der Waals surface area contributed by atoms with Crippen molar-refractivity contribution in [1.29, 1.82) is 0 Å². The maximum atomic E-state index is 13.9. The molecule has 0 spiro atoms. The number of benzene rings is 2. The highest BCUT2D eigenvalue weighted by atomic mass is 32.2. The van der Waals surface area contributed by atoms with Crippen molar-refractivity contribution in [3.05, 3.63) is 94.2 Å². The zero-order valence-electron chi connectivity index (χ0n) is 25.5. The Bertz CT molecular complexity index is 1730. The van der Waals surface area contributed by atoms with Gasteiger partial charge in [0, 0.05) is 22.3 Å². The summed E-state index contributed by atoms with van der Waals surface area (Å²) in [6.45, 7) is 3.42. The predicted octanol–water partition coefficient (Wildman–Crippen LogP) is 1.42. The topological polar surface area (TPSA) is 188 Å². The van der Waals surface area contributed by atoms with Crippen LogP contribution in [0.2, 0.25) is 0 Å². The molecule has 1 unspecified atom stereocenters. The second-order valence-electron chi connectivity index (χ2n) is 11.9. The van der Waals surface area contributed by atoms with Gasteiger partial charge in [0.05, 0.1) is 5.92 Å². The summed E-state index contributed by atoms with van der Waals surface area (Å²) in [6, 6.07) is 13.3. The number of thioether (sulfide) groups is 2. The van der Waals surface area contributed by atoms with Gasteiger partial charge in [-0.25, -0.2) is 4.79 Å². The Kier molecular flexibility index (Phi) is 9.01. The first kappa shape index (κ1) is 32.5. The van der Waals surface area contributed by atoms with Gasteiger partial charge in [-0.15, -0.1) is 11.8 Å². The quantitative estimate of drug-likeness (QED) is 0.243. The van der Waals surface area contributed by atoms with Gasteiger partial charge in [0.15, 0.2) is 5.78 Å². The van der Waals surface area contributed by atoms with Crippen molar-refractivity contribution in [2.75, 3.05) is 11.5 Å². The van der Waals surface area contributed by atoms with Crippen LogP contribution in [-0.4, -0.2) is 79.6 Å². The number of nitrogens with one attached hydrogen (secondary N) is 3. The number of fused-ring (bicyclic) bond motifs is 2. The number of amides is 4. The first-order valence-corrected chi connectivity index (χ1v) is 17.1. The number of carbonyl (C=O) groups excluding carboxylic acids is 5. The molecule has 12 nitrogen and oxygen atoms in total. The highest BCUT2D eigenvalue weighted by Crippen LogP contribution is 2.46. The van der Waals surface area contributed by atoms with Gasteiger partial charge < -0.3 is 26.8 Å². The van der Waals surface area contributed by atoms with Crippen LogP contribution in [0.25, 0.3) is 0 Å². The van der Waals surface area contributed by atoms with E-state index in [1.165, 1.54) is 28.4 Å². The zero-order chi connectivity index (χ0) is 33.6. The normalized spacial score (nSPS) is 26.2. The lowest BCUT2D eigenvalue weighted by Crippen LogP contribution is -2.71. The number of hydrogen-bond acceptors (Lipinski definition) is 9. The van der Waals surface area contributed by atoms with Crippen molar-refractivity contribution < 1.29 is 33.9 Å². The fourth-order valence-electron chi connectivity index (χ4n) is 6.35. The molecule has 0 bridgehead atoms. The van der Waals surface area contributed by atoms with Crippen LogP contribution in [0.15, 0.2) is 83.1 Å². The largest absolute Gasteiger partial charge is 0.478 e. The molecule has 1 aliphatic carbocycles. The van der Waals surface area contributed by atoms with Crippen LogP contribution < -0.4 is 21.7 Å². The summed E-state index contributed by atoms with van der Waals surface area (Å²) >= 11 is 2.82. The molecule has 4 aliphatic rings. The van der Waals surface area contributed by atoms with Gasteiger partial charge in [0.25, 0.3) is 11.8 Å². The van der Waals surface area contributed by atoms with Gasteiger partial charge in [-0.05, 0) is 30.5 Å². The zero-order valence-corrected chi connectivity index (χ0v) is 27.1. The Hall–Kier alpha value is -4.40. The third-order valence-electron chi connectivity index (χ3n) is 8.84. The van der Waals surface area contributed by atoms with Gasteiger partial charge in [0.1, 0.15) is 35.2 Å². The van der Waals surface area contributed by atoms with Crippen molar-refractivity contribution in [3.63, 3.8) is 0 Å². The van der Waals surface area contributed by atoms with E-state index in [4.69, 9.17) is 5.73 Å². The van der Waals surface area contributed by atoms with Crippen LogP contribution in [0, 0.1) is 5.92 Å². The first-order chi connectivity index (χ1) is 22.5. The van der Waals surface area contributed by atoms with Crippen molar-refractivity contribution >= 4 is 58.9 Å². The summed E-state index contributed by atoms with van der Waals surface area (Å²) in [4.78, 5) is 80.2. The van der Waals surface area contributed by atoms with Crippen LogP contribution in [0.3, 0.4) is 0 Å². The molecule has 0 aromatic heterocycles. The molecule has 1 saturated carbocycles. The fourth-order valence-corrected chi connectivity index (χ4v) is 9.10. The monoisotopic (exact) mass is 675 g/mol. The Labute approximate surface area is 279 Å². The number of carboxylic acids is 1. The fraction of sp³-hybridized carbons (Fsp3) is 0.333. The second-order valence-corrected chi connectivity index (χ2v) is 14.1. The van der Waals surface area contributed by atoms with E-state index >= 15 is 0 Å². The summed E-state index contributed by atoms with van der Waals surface area (Å²) in [5.74, 6) is -3.78. The molecule has 14 heteroatoms. The lowest BCUT2D eigenvalue weighted by Gasteiger charge is -2.50.